The number of fused-ring (bicyclic) bond motifs is 2. The van der Waals surface area contributed by atoms with Crippen LogP contribution in [0, 0.1) is 0 Å². The zero-order valence-electron chi connectivity index (χ0n) is 17.7. The first-order valence-corrected chi connectivity index (χ1v) is 11.3. The number of carbonyl (C=O) groups is 1. The van der Waals surface area contributed by atoms with Crippen LogP contribution in [0.2, 0.25) is 5.02 Å². The molecule has 0 saturated carbocycles. The molecule has 1 aromatic heterocycles. The van der Waals surface area contributed by atoms with Gasteiger partial charge < -0.3 is 4.90 Å². The molecule has 3 nitrogen and oxygen atoms in total. The second-order valence-electron chi connectivity index (χ2n) is 8.38. The number of halogens is 1. The summed E-state index contributed by atoms with van der Waals surface area (Å²) in [5.41, 5.74) is 9.88. The number of hydrogen-bond acceptors (Lipinski definition) is 2. The normalized spacial score (nSPS) is 15.9. The number of nitrogens with zero attached hydrogens (tertiary/aromatic N) is 2. The number of benzene rings is 2. The maximum Gasteiger partial charge on any atom is 0.219 e. The van der Waals surface area contributed by atoms with Gasteiger partial charge in [0.1, 0.15) is 0 Å². The predicted octanol–water partition coefficient (Wildman–Crippen LogP) is 5.94. The minimum absolute atomic E-state index is 0.156. The molecule has 0 bridgehead atoms. The molecule has 0 N–H and O–H groups in total. The molecule has 0 radical (unpaired) electrons. The van der Waals surface area contributed by atoms with Gasteiger partial charge in [-0.15, -0.1) is 0 Å². The minimum Gasteiger partial charge on any atom is -0.342 e. The average Bonchev–Trinajstić information content (AvgIpc) is 2.96. The number of aryl methyl sites for hydroxylation is 2. The number of rotatable bonds is 1. The summed E-state index contributed by atoms with van der Waals surface area (Å²) in [6, 6.07) is 19.0. The zero-order chi connectivity index (χ0) is 21.4. The van der Waals surface area contributed by atoms with Crippen molar-refractivity contribution in [3.63, 3.8) is 0 Å². The van der Waals surface area contributed by atoms with Gasteiger partial charge >= 0.3 is 0 Å². The Bertz CT molecular complexity index is 1170. The Labute approximate surface area is 188 Å². The van der Waals surface area contributed by atoms with Crippen molar-refractivity contribution in [2.24, 2.45) is 0 Å². The molecular formula is C27H25ClN2O. The fourth-order valence-electron chi connectivity index (χ4n) is 4.82. The maximum atomic E-state index is 11.8. The lowest BCUT2D eigenvalue weighted by molar-refractivity contribution is -0.129. The van der Waals surface area contributed by atoms with Crippen LogP contribution in [0.1, 0.15) is 42.1 Å². The highest BCUT2D eigenvalue weighted by Crippen LogP contribution is 2.39. The number of piperidine rings is 1. The first-order chi connectivity index (χ1) is 15.1. The molecule has 1 saturated heterocycles. The van der Waals surface area contributed by atoms with Crippen molar-refractivity contribution in [3.8, 4) is 11.1 Å². The van der Waals surface area contributed by atoms with Crippen molar-refractivity contribution in [3.05, 3.63) is 93.8 Å². The highest BCUT2D eigenvalue weighted by atomic mass is 35.5. The molecule has 2 aromatic carbocycles. The Balaban J connectivity index is 1.64. The van der Waals surface area contributed by atoms with Crippen molar-refractivity contribution in [1.29, 1.82) is 0 Å². The molecule has 4 heteroatoms. The molecule has 3 aromatic rings. The highest BCUT2D eigenvalue weighted by Gasteiger charge is 2.26. The van der Waals surface area contributed by atoms with Crippen molar-refractivity contribution in [2.45, 2.75) is 32.6 Å². The topological polar surface area (TPSA) is 33.2 Å². The predicted molar refractivity (Wildman–Crippen MR) is 126 cm³/mol. The SMILES string of the molecule is CC(=O)N1CCC(=C2c3ccc(Cl)cc3CCc3cc(-c4ccccc4)cnc32)CC1. The van der Waals surface area contributed by atoms with Crippen molar-refractivity contribution in [2.75, 3.05) is 13.1 Å². The van der Waals surface area contributed by atoms with E-state index >= 15 is 0 Å². The number of amides is 1. The number of hydrogen-bond donors (Lipinski definition) is 0. The first-order valence-electron chi connectivity index (χ1n) is 10.9. The third kappa shape index (κ3) is 3.90. The quantitative estimate of drug-likeness (QED) is 0.480. The Hall–Kier alpha value is -2.91. The van der Waals surface area contributed by atoms with Crippen LogP contribution in [0.3, 0.4) is 0 Å². The van der Waals surface area contributed by atoms with Crippen LogP contribution in [0.25, 0.3) is 16.7 Å². The summed E-state index contributed by atoms with van der Waals surface area (Å²) in [5, 5.41) is 0.776. The van der Waals surface area contributed by atoms with E-state index in [0.717, 1.165) is 55.1 Å². The standard InChI is InChI=1S/C27H25ClN2O/c1-18(31)30-13-11-20(12-14-30)26-25-10-9-24(28)16-21(25)7-8-22-15-23(17-29-27(22)26)19-5-3-2-4-6-19/h2-6,9-10,15-17H,7-8,11-14H2,1H3. The van der Waals surface area contributed by atoms with Gasteiger partial charge in [0.15, 0.2) is 0 Å². The molecule has 0 atom stereocenters. The van der Waals surface area contributed by atoms with Crippen molar-refractivity contribution >= 4 is 23.1 Å². The van der Waals surface area contributed by atoms with Crippen LogP contribution < -0.4 is 0 Å². The van der Waals surface area contributed by atoms with Crippen LogP contribution in [0.4, 0.5) is 0 Å². The monoisotopic (exact) mass is 428 g/mol. The van der Waals surface area contributed by atoms with Gasteiger partial charge in [-0.2, -0.15) is 0 Å². The summed E-state index contributed by atoms with van der Waals surface area (Å²) in [4.78, 5) is 18.8. The summed E-state index contributed by atoms with van der Waals surface area (Å²) >= 11 is 6.36. The van der Waals surface area contributed by atoms with Gasteiger partial charge in [-0.1, -0.05) is 53.6 Å². The van der Waals surface area contributed by atoms with Crippen LogP contribution in [0.15, 0.2) is 66.4 Å². The van der Waals surface area contributed by atoms with E-state index in [1.165, 1.54) is 33.4 Å². The van der Waals surface area contributed by atoms with Gasteiger partial charge in [-0.25, -0.2) is 0 Å². The molecule has 156 valence electrons. The van der Waals surface area contributed by atoms with E-state index < -0.39 is 0 Å². The summed E-state index contributed by atoms with van der Waals surface area (Å²) in [5.74, 6) is 0.156. The van der Waals surface area contributed by atoms with Gasteiger partial charge in [0.05, 0.1) is 5.69 Å². The Morgan fingerprint density at radius 3 is 2.39 bits per heavy atom. The van der Waals surface area contributed by atoms with E-state index in [0.29, 0.717) is 0 Å². The van der Waals surface area contributed by atoms with Crippen LogP contribution in [-0.2, 0) is 17.6 Å². The molecule has 1 aliphatic heterocycles. The zero-order valence-corrected chi connectivity index (χ0v) is 18.5. The first kappa shape index (κ1) is 20.0. The summed E-state index contributed by atoms with van der Waals surface area (Å²) < 4.78 is 0. The van der Waals surface area contributed by atoms with Gasteiger partial charge in [0.25, 0.3) is 0 Å². The second-order valence-corrected chi connectivity index (χ2v) is 8.82. The molecule has 0 unspecified atom stereocenters. The fourth-order valence-corrected chi connectivity index (χ4v) is 5.02. The van der Waals surface area contributed by atoms with Gasteiger partial charge in [0, 0.05) is 42.4 Å². The summed E-state index contributed by atoms with van der Waals surface area (Å²) in [6.45, 7) is 3.20. The lowest BCUT2D eigenvalue weighted by Crippen LogP contribution is -2.34. The Morgan fingerprint density at radius 1 is 0.903 bits per heavy atom. The largest absolute Gasteiger partial charge is 0.342 e. The minimum atomic E-state index is 0.156. The van der Waals surface area contributed by atoms with E-state index in [9.17, 15) is 4.79 Å². The second kappa shape index (κ2) is 8.32. The molecule has 0 spiro atoms. The molecular weight excluding hydrogens is 404 g/mol. The van der Waals surface area contributed by atoms with Gasteiger partial charge in [0.2, 0.25) is 5.91 Å². The molecule has 5 rings (SSSR count). The van der Waals surface area contributed by atoms with Crippen LogP contribution >= 0.6 is 11.6 Å². The highest BCUT2D eigenvalue weighted by molar-refractivity contribution is 6.30. The van der Waals surface area contributed by atoms with Crippen molar-refractivity contribution in [1.82, 2.24) is 9.88 Å². The van der Waals surface area contributed by atoms with Gasteiger partial charge in [-0.3, -0.25) is 9.78 Å². The van der Waals surface area contributed by atoms with Gasteiger partial charge in [-0.05, 0) is 66.1 Å². The number of likely N-dealkylation sites (tertiary alicyclic amines) is 1. The molecule has 2 aliphatic rings. The third-order valence-electron chi connectivity index (χ3n) is 6.48. The smallest absolute Gasteiger partial charge is 0.219 e. The van der Waals surface area contributed by atoms with Crippen molar-refractivity contribution < 1.29 is 4.79 Å². The van der Waals surface area contributed by atoms with Crippen LogP contribution in [0.5, 0.6) is 0 Å². The van der Waals surface area contributed by atoms with E-state index in [1.54, 1.807) is 6.92 Å². The lowest BCUT2D eigenvalue weighted by Gasteiger charge is -2.29. The third-order valence-corrected chi connectivity index (χ3v) is 6.71. The van der Waals surface area contributed by atoms with E-state index in [2.05, 4.69) is 42.5 Å². The average molecular weight is 429 g/mol. The van der Waals surface area contributed by atoms with E-state index in [-0.39, 0.29) is 5.91 Å². The maximum absolute atomic E-state index is 11.8. The summed E-state index contributed by atoms with van der Waals surface area (Å²) in [7, 11) is 0. The van der Waals surface area contributed by atoms with E-state index in [4.69, 9.17) is 16.6 Å². The summed E-state index contributed by atoms with van der Waals surface area (Å²) in [6.07, 6.45) is 5.66. The van der Waals surface area contributed by atoms with E-state index in [1.807, 2.05) is 23.2 Å². The molecule has 1 amide bonds. The Morgan fingerprint density at radius 2 is 1.65 bits per heavy atom. The lowest BCUT2D eigenvalue weighted by atomic mass is 9.88. The van der Waals surface area contributed by atoms with Crippen LogP contribution in [-0.4, -0.2) is 28.9 Å². The molecule has 2 heterocycles. The molecule has 1 aliphatic carbocycles. The number of aromatic nitrogens is 1. The molecule has 1 fully saturated rings. The fraction of sp³-hybridized carbons (Fsp3) is 0.259. The Kier molecular flexibility index (Phi) is 5.37. The number of pyridine rings is 1. The number of carbonyl (C=O) groups excluding carboxylic acids is 1. The molecule has 31 heavy (non-hydrogen) atoms.